The molecule has 1 aromatic heterocycles. The van der Waals surface area contributed by atoms with Crippen LogP contribution >= 0.6 is 11.6 Å². The normalized spacial score (nSPS) is 10.6. The number of aromatic nitrogens is 2. The van der Waals surface area contributed by atoms with E-state index in [1.165, 1.54) is 0 Å². The van der Waals surface area contributed by atoms with Gasteiger partial charge in [0.05, 0.1) is 17.0 Å². The Balaban J connectivity index is 1.85. The molecule has 0 aliphatic heterocycles. The van der Waals surface area contributed by atoms with Crippen molar-refractivity contribution in [3.05, 3.63) is 47.5 Å². The second-order valence-electron chi connectivity index (χ2n) is 5.34. The molecule has 128 valence electrons. The molecular weight excluding hydrogens is 344 g/mol. The van der Waals surface area contributed by atoms with Gasteiger partial charge in [-0.25, -0.2) is 4.79 Å². The number of carbonyl (C=O) groups excluding carboxylic acids is 1. The summed E-state index contributed by atoms with van der Waals surface area (Å²) in [7, 11) is 0. The van der Waals surface area contributed by atoms with Crippen molar-refractivity contribution in [2.45, 2.75) is 6.42 Å². The van der Waals surface area contributed by atoms with Gasteiger partial charge >= 0.3 is 12.0 Å². The monoisotopic (exact) mass is 358 g/mol. The fourth-order valence-corrected chi connectivity index (χ4v) is 2.68. The third-order valence-corrected chi connectivity index (χ3v) is 3.90. The lowest BCUT2D eigenvalue weighted by molar-refractivity contribution is -0.136. The third-order valence-electron chi connectivity index (χ3n) is 3.59. The summed E-state index contributed by atoms with van der Waals surface area (Å²) in [6, 6.07) is 12.7. The topological polar surface area (TPSA) is 107 Å². The minimum atomic E-state index is -0.979. The first-order chi connectivity index (χ1) is 12.0. The number of aromatic amines is 1. The summed E-state index contributed by atoms with van der Waals surface area (Å²) in [4.78, 5) is 22.3. The molecule has 2 aromatic carbocycles. The number of nitrogens with one attached hydrogen (secondary N) is 3. The second-order valence-corrected chi connectivity index (χ2v) is 5.75. The number of benzene rings is 2. The van der Waals surface area contributed by atoms with Crippen molar-refractivity contribution >= 4 is 40.3 Å². The van der Waals surface area contributed by atoms with Crippen LogP contribution in [0.2, 0.25) is 5.02 Å². The molecule has 25 heavy (non-hydrogen) atoms. The number of halogens is 1. The number of hydrogen-bond donors (Lipinski definition) is 4. The van der Waals surface area contributed by atoms with E-state index in [2.05, 4.69) is 20.8 Å². The van der Waals surface area contributed by atoms with E-state index in [1.54, 1.807) is 6.07 Å². The Hall–Kier alpha value is -3.06. The number of hydrogen-bond acceptors (Lipinski definition) is 3. The van der Waals surface area contributed by atoms with Gasteiger partial charge < -0.3 is 10.4 Å². The predicted molar refractivity (Wildman–Crippen MR) is 95.8 cm³/mol. The van der Waals surface area contributed by atoms with Gasteiger partial charge in [-0.05, 0) is 17.7 Å². The quantitative estimate of drug-likeness (QED) is 0.560. The minimum Gasteiger partial charge on any atom is -0.481 e. The molecule has 0 radical (unpaired) electrons. The fraction of sp³-hybridized carbons (Fsp3) is 0.118. The highest BCUT2D eigenvalue weighted by Gasteiger charge is 2.13. The van der Waals surface area contributed by atoms with Gasteiger partial charge in [-0.1, -0.05) is 41.9 Å². The fourth-order valence-electron chi connectivity index (χ4n) is 2.41. The van der Waals surface area contributed by atoms with Crippen molar-refractivity contribution in [2.24, 2.45) is 0 Å². The molecule has 0 spiro atoms. The van der Waals surface area contributed by atoms with E-state index in [0.29, 0.717) is 21.7 Å². The maximum absolute atomic E-state index is 11.9. The zero-order chi connectivity index (χ0) is 17.8. The Morgan fingerprint density at radius 3 is 2.68 bits per heavy atom. The average Bonchev–Trinajstić information content (AvgIpc) is 2.96. The number of nitrogens with zero attached hydrogens (tertiary/aromatic N) is 1. The summed E-state index contributed by atoms with van der Waals surface area (Å²) >= 11 is 6.35. The van der Waals surface area contributed by atoms with Crippen molar-refractivity contribution in [1.82, 2.24) is 15.5 Å². The smallest absolute Gasteiger partial charge is 0.320 e. The van der Waals surface area contributed by atoms with E-state index in [1.807, 2.05) is 36.4 Å². The van der Waals surface area contributed by atoms with E-state index >= 15 is 0 Å². The van der Waals surface area contributed by atoms with Gasteiger partial charge in [-0.15, -0.1) is 0 Å². The number of aliphatic carboxylic acids is 1. The number of carboxylic acids is 1. The summed E-state index contributed by atoms with van der Waals surface area (Å²) in [5, 5.41) is 21.8. The van der Waals surface area contributed by atoms with Crippen LogP contribution in [0.4, 0.5) is 10.6 Å². The van der Waals surface area contributed by atoms with E-state index in [-0.39, 0.29) is 13.0 Å². The number of carboxylic acid groups (broad SMARTS) is 1. The predicted octanol–water partition coefficient (Wildman–Crippen LogP) is 3.48. The zero-order valence-corrected chi connectivity index (χ0v) is 13.8. The van der Waals surface area contributed by atoms with Crippen LogP contribution in [0, 0.1) is 0 Å². The standard InChI is InChI=1S/C17H15ClN4O3/c18-13-9-14-12(8-11(13)10-4-2-1-3-5-10)16(22-21-14)20-17(25)19-7-6-15(23)24/h1-5,8-9H,6-7H2,(H,23,24)(H3,19,20,21,22,25). The van der Waals surface area contributed by atoms with Gasteiger partial charge in [0.1, 0.15) is 0 Å². The number of fused-ring (bicyclic) bond motifs is 1. The van der Waals surface area contributed by atoms with Gasteiger partial charge in [-0.3, -0.25) is 15.2 Å². The first kappa shape index (κ1) is 16.8. The van der Waals surface area contributed by atoms with Gasteiger partial charge in [0.15, 0.2) is 5.82 Å². The minimum absolute atomic E-state index is 0.0324. The summed E-state index contributed by atoms with van der Waals surface area (Å²) in [6.07, 6.45) is -0.150. The van der Waals surface area contributed by atoms with Crippen molar-refractivity contribution in [3.63, 3.8) is 0 Å². The Morgan fingerprint density at radius 1 is 1.20 bits per heavy atom. The lowest BCUT2D eigenvalue weighted by Crippen LogP contribution is -2.30. The molecule has 2 amide bonds. The molecule has 3 aromatic rings. The number of H-pyrrole nitrogens is 1. The molecule has 1 heterocycles. The van der Waals surface area contributed by atoms with Crippen molar-refractivity contribution in [3.8, 4) is 11.1 Å². The molecule has 0 saturated heterocycles. The van der Waals surface area contributed by atoms with Gasteiger partial charge in [0.2, 0.25) is 0 Å². The van der Waals surface area contributed by atoms with Gasteiger partial charge in [0, 0.05) is 17.5 Å². The van der Waals surface area contributed by atoms with Crippen molar-refractivity contribution in [1.29, 1.82) is 0 Å². The highest BCUT2D eigenvalue weighted by molar-refractivity contribution is 6.34. The van der Waals surface area contributed by atoms with E-state index in [0.717, 1.165) is 11.1 Å². The second kappa shape index (κ2) is 7.23. The van der Waals surface area contributed by atoms with Crippen molar-refractivity contribution < 1.29 is 14.7 Å². The first-order valence-electron chi connectivity index (χ1n) is 7.54. The van der Waals surface area contributed by atoms with Gasteiger partial charge in [0.25, 0.3) is 0 Å². The number of amides is 2. The molecule has 0 bridgehead atoms. The molecular formula is C17H15ClN4O3. The van der Waals surface area contributed by atoms with Crippen LogP contribution in [0.5, 0.6) is 0 Å². The maximum Gasteiger partial charge on any atom is 0.320 e. The number of anilines is 1. The molecule has 3 rings (SSSR count). The SMILES string of the molecule is O=C(O)CCNC(=O)Nc1n[nH]c2cc(Cl)c(-c3ccccc3)cc12. The van der Waals surface area contributed by atoms with E-state index in [4.69, 9.17) is 16.7 Å². The van der Waals surface area contributed by atoms with Crippen LogP contribution in [0.3, 0.4) is 0 Å². The molecule has 8 heteroatoms. The summed E-state index contributed by atoms with van der Waals surface area (Å²) in [5.41, 5.74) is 2.46. The summed E-state index contributed by atoms with van der Waals surface area (Å²) < 4.78 is 0. The first-order valence-corrected chi connectivity index (χ1v) is 7.92. The average molecular weight is 359 g/mol. The van der Waals surface area contributed by atoms with E-state index in [9.17, 15) is 9.59 Å². The van der Waals surface area contributed by atoms with Crippen LogP contribution in [-0.2, 0) is 4.79 Å². The van der Waals surface area contributed by atoms with Crippen LogP contribution < -0.4 is 10.6 Å². The Kier molecular flexibility index (Phi) is 4.85. The largest absolute Gasteiger partial charge is 0.481 e. The van der Waals surface area contributed by atoms with E-state index < -0.39 is 12.0 Å². The number of carbonyl (C=O) groups is 2. The Bertz CT molecular complexity index is 924. The van der Waals surface area contributed by atoms with Crippen molar-refractivity contribution in [2.75, 3.05) is 11.9 Å². The molecule has 4 N–H and O–H groups in total. The molecule has 0 atom stereocenters. The van der Waals surface area contributed by atoms with Crippen LogP contribution in [0.25, 0.3) is 22.0 Å². The molecule has 0 unspecified atom stereocenters. The van der Waals surface area contributed by atoms with Crippen LogP contribution in [0.1, 0.15) is 6.42 Å². The maximum atomic E-state index is 11.9. The molecule has 0 aliphatic carbocycles. The molecule has 0 aliphatic rings. The zero-order valence-electron chi connectivity index (χ0n) is 13.0. The Labute approximate surface area is 148 Å². The highest BCUT2D eigenvalue weighted by Crippen LogP contribution is 2.33. The Morgan fingerprint density at radius 2 is 1.96 bits per heavy atom. The highest BCUT2D eigenvalue weighted by atomic mass is 35.5. The molecule has 0 fully saturated rings. The number of urea groups is 1. The summed E-state index contributed by atoms with van der Waals surface area (Å²) in [6.45, 7) is 0.0324. The van der Waals surface area contributed by atoms with Gasteiger partial charge in [-0.2, -0.15) is 5.10 Å². The van der Waals surface area contributed by atoms with Crippen LogP contribution in [-0.4, -0.2) is 33.8 Å². The van der Waals surface area contributed by atoms with Crippen LogP contribution in [0.15, 0.2) is 42.5 Å². The summed E-state index contributed by atoms with van der Waals surface area (Å²) in [5.74, 6) is -0.635. The molecule has 0 saturated carbocycles. The lowest BCUT2D eigenvalue weighted by Gasteiger charge is -2.07. The molecule has 7 nitrogen and oxygen atoms in total. The third kappa shape index (κ3) is 3.89. The lowest BCUT2D eigenvalue weighted by atomic mass is 10.0. The number of rotatable bonds is 5.